The Morgan fingerprint density at radius 1 is 1.06 bits per heavy atom. The van der Waals surface area contributed by atoms with E-state index in [0.29, 0.717) is 0 Å². The molecule has 90 valence electrons. The summed E-state index contributed by atoms with van der Waals surface area (Å²) >= 11 is 0. The van der Waals surface area contributed by atoms with E-state index in [2.05, 4.69) is 4.74 Å². The Bertz CT molecular complexity index is 310. The molecule has 0 aliphatic carbocycles. The molecule has 0 rings (SSSR count). The van der Waals surface area contributed by atoms with Gasteiger partial charge in [0, 0.05) is 0 Å². The van der Waals surface area contributed by atoms with Crippen LogP contribution >= 0.6 is 0 Å². The molecule has 0 saturated carbocycles. The van der Waals surface area contributed by atoms with E-state index in [9.17, 15) is 19.2 Å². The molecule has 0 unspecified atom stereocenters. The summed E-state index contributed by atoms with van der Waals surface area (Å²) in [6.07, 6.45) is -3.18. The summed E-state index contributed by atoms with van der Waals surface area (Å²) in [5.41, 5.74) is 5.03. The highest BCUT2D eigenvalue weighted by molar-refractivity contribution is 5.98. The van der Waals surface area contributed by atoms with Crippen LogP contribution in [0, 0.1) is 0 Å². The zero-order valence-electron chi connectivity index (χ0n) is 7.82. The second kappa shape index (κ2) is 5.66. The normalized spacial score (nSPS) is 11.9. The smallest absolute Gasteiger partial charge is 0.356 e. The highest BCUT2D eigenvalue weighted by Crippen LogP contribution is 1.99. The number of carbonyl (C=O) groups is 4. The van der Waals surface area contributed by atoms with E-state index in [0.717, 1.165) is 0 Å². The van der Waals surface area contributed by atoms with Crippen molar-refractivity contribution in [3.63, 3.8) is 0 Å². The molecule has 0 aromatic carbocycles. The summed E-state index contributed by atoms with van der Waals surface area (Å²) in [6, 6.07) is -1.61. The fourth-order valence-electron chi connectivity index (χ4n) is 0.681. The van der Waals surface area contributed by atoms with Gasteiger partial charge >= 0.3 is 23.9 Å². The van der Waals surface area contributed by atoms with Crippen LogP contribution in [0.1, 0.15) is 6.42 Å². The third-order valence-electron chi connectivity index (χ3n) is 1.38. The average molecular weight is 235 g/mol. The number of carboxylic acids is 3. The molecule has 9 heteroatoms. The fraction of sp³-hybridized carbons (Fsp3) is 0.429. The van der Waals surface area contributed by atoms with Crippen molar-refractivity contribution in [1.29, 1.82) is 0 Å². The summed E-state index contributed by atoms with van der Waals surface area (Å²) < 4.78 is 4.01. The van der Waals surface area contributed by atoms with Gasteiger partial charge in [-0.05, 0) is 0 Å². The molecule has 0 aliphatic rings. The fourth-order valence-corrected chi connectivity index (χ4v) is 0.681. The van der Waals surface area contributed by atoms with Crippen LogP contribution in [0.2, 0.25) is 0 Å². The Kier molecular flexibility index (Phi) is 4.89. The monoisotopic (exact) mass is 235 g/mol. The first kappa shape index (κ1) is 13.8. The van der Waals surface area contributed by atoms with Gasteiger partial charge in [-0.15, -0.1) is 0 Å². The van der Waals surface area contributed by atoms with Gasteiger partial charge < -0.3 is 25.8 Å². The van der Waals surface area contributed by atoms with Crippen molar-refractivity contribution in [3.05, 3.63) is 0 Å². The van der Waals surface area contributed by atoms with Crippen molar-refractivity contribution >= 4 is 23.9 Å². The lowest BCUT2D eigenvalue weighted by Crippen LogP contribution is -2.41. The summed E-state index contributed by atoms with van der Waals surface area (Å²) in [5.74, 6) is -6.57. The minimum Gasteiger partial charge on any atom is -0.481 e. The second-order valence-corrected chi connectivity index (χ2v) is 2.70. The van der Waals surface area contributed by atoms with E-state index in [4.69, 9.17) is 21.1 Å². The number of ether oxygens (including phenoxy) is 1. The summed E-state index contributed by atoms with van der Waals surface area (Å²) in [7, 11) is 0. The van der Waals surface area contributed by atoms with Gasteiger partial charge in [-0.1, -0.05) is 0 Å². The molecule has 0 aliphatic heterocycles. The molecule has 9 nitrogen and oxygen atoms in total. The average Bonchev–Trinajstić information content (AvgIpc) is 2.11. The van der Waals surface area contributed by atoms with Crippen molar-refractivity contribution < 1.29 is 39.2 Å². The van der Waals surface area contributed by atoms with Crippen LogP contribution in [0.15, 0.2) is 0 Å². The standard InChI is InChI=1S/C7H9NO8/c8-2(1-3(9)10)7(15)16-4(5(11)12)6(13)14/h2,4H,1,8H2,(H,9,10)(H,11,12)(H,13,14)/t2-/m0/s1. The maximum absolute atomic E-state index is 11.0. The molecule has 5 N–H and O–H groups in total. The van der Waals surface area contributed by atoms with Gasteiger partial charge in [-0.25, -0.2) is 9.59 Å². The largest absolute Gasteiger partial charge is 0.481 e. The predicted octanol–water partition coefficient (Wildman–Crippen LogP) is -2.13. The predicted molar refractivity (Wildman–Crippen MR) is 45.4 cm³/mol. The summed E-state index contributed by atoms with van der Waals surface area (Å²) in [6.45, 7) is 0. The van der Waals surface area contributed by atoms with Crippen molar-refractivity contribution in [3.8, 4) is 0 Å². The maximum atomic E-state index is 11.0. The number of esters is 1. The zero-order valence-corrected chi connectivity index (χ0v) is 7.82. The minimum absolute atomic E-state index is 0.787. The van der Waals surface area contributed by atoms with E-state index in [-0.39, 0.29) is 0 Å². The maximum Gasteiger partial charge on any atom is 0.356 e. The van der Waals surface area contributed by atoms with Crippen LogP contribution in [-0.2, 0) is 23.9 Å². The molecular formula is C7H9NO8. The summed E-state index contributed by atoms with van der Waals surface area (Å²) in [4.78, 5) is 41.7. The van der Waals surface area contributed by atoms with Gasteiger partial charge in [0.15, 0.2) is 0 Å². The molecule has 0 bridgehead atoms. The SMILES string of the molecule is N[C@@H](CC(=O)O)C(=O)OC(C(=O)O)C(=O)O. The van der Waals surface area contributed by atoms with Crippen LogP contribution in [0.4, 0.5) is 0 Å². The van der Waals surface area contributed by atoms with Crippen LogP contribution < -0.4 is 5.73 Å². The Labute approximate surface area is 88.4 Å². The number of carbonyl (C=O) groups excluding carboxylic acids is 1. The third kappa shape index (κ3) is 4.37. The lowest BCUT2D eigenvalue weighted by atomic mass is 10.2. The molecule has 0 aromatic heterocycles. The van der Waals surface area contributed by atoms with Gasteiger partial charge in [0.25, 0.3) is 6.10 Å². The first-order chi connectivity index (χ1) is 7.25. The van der Waals surface area contributed by atoms with E-state index in [1.165, 1.54) is 0 Å². The number of hydrogen-bond acceptors (Lipinski definition) is 6. The second-order valence-electron chi connectivity index (χ2n) is 2.70. The minimum atomic E-state index is -2.40. The summed E-state index contributed by atoms with van der Waals surface area (Å²) in [5, 5.41) is 24.9. The number of hydrogen-bond donors (Lipinski definition) is 4. The van der Waals surface area contributed by atoms with Crippen molar-refractivity contribution in [1.82, 2.24) is 0 Å². The lowest BCUT2D eigenvalue weighted by Gasteiger charge is -2.12. The molecule has 1 atom stereocenters. The van der Waals surface area contributed by atoms with Gasteiger partial charge in [-0.3, -0.25) is 9.59 Å². The Hall–Kier alpha value is -2.16. The number of rotatable bonds is 6. The number of carboxylic acid groups (broad SMARTS) is 3. The topological polar surface area (TPSA) is 164 Å². The van der Waals surface area contributed by atoms with E-state index in [1.54, 1.807) is 0 Å². The highest BCUT2D eigenvalue weighted by Gasteiger charge is 2.32. The van der Waals surface area contributed by atoms with Crippen LogP contribution in [0.3, 0.4) is 0 Å². The molecule has 0 radical (unpaired) electrons. The van der Waals surface area contributed by atoms with Crippen molar-refractivity contribution in [2.24, 2.45) is 5.73 Å². The molecule has 0 spiro atoms. The van der Waals surface area contributed by atoms with Crippen LogP contribution in [0.5, 0.6) is 0 Å². The van der Waals surface area contributed by atoms with E-state index < -0.39 is 42.4 Å². The number of nitrogens with two attached hydrogens (primary N) is 1. The van der Waals surface area contributed by atoms with E-state index in [1.807, 2.05) is 0 Å². The lowest BCUT2D eigenvalue weighted by molar-refractivity contribution is -0.175. The first-order valence-electron chi connectivity index (χ1n) is 3.89. The Morgan fingerprint density at radius 2 is 1.50 bits per heavy atom. The van der Waals surface area contributed by atoms with Crippen molar-refractivity contribution in [2.45, 2.75) is 18.6 Å². The molecular weight excluding hydrogens is 226 g/mol. The van der Waals surface area contributed by atoms with Gasteiger partial charge in [0.2, 0.25) is 0 Å². The zero-order chi connectivity index (χ0) is 12.9. The highest BCUT2D eigenvalue weighted by atomic mass is 16.6. The van der Waals surface area contributed by atoms with Crippen LogP contribution in [-0.4, -0.2) is 51.3 Å². The van der Waals surface area contributed by atoms with E-state index >= 15 is 0 Å². The van der Waals surface area contributed by atoms with Crippen molar-refractivity contribution in [2.75, 3.05) is 0 Å². The first-order valence-corrected chi connectivity index (χ1v) is 3.89. The Morgan fingerprint density at radius 3 is 1.81 bits per heavy atom. The van der Waals surface area contributed by atoms with Gasteiger partial charge in [-0.2, -0.15) is 0 Å². The molecule has 0 amide bonds. The Balaban J connectivity index is 4.46. The molecule has 0 heterocycles. The molecule has 0 aromatic rings. The van der Waals surface area contributed by atoms with Crippen LogP contribution in [0.25, 0.3) is 0 Å². The molecule has 0 saturated heterocycles. The number of aliphatic carboxylic acids is 3. The third-order valence-corrected chi connectivity index (χ3v) is 1.38. The molecule has 16 heavy (non-hydrogen) atoms. The quantitative estimate of drug-likeness (QED) is 0.297. The van der Waals surface area contributed by atoms with Gasteiger partial charge in [0.05, 0.1) is 6.42 Å². The molecule has 0 fully saturated rings. The van der Waals surface area contributed by atoms with Gasteiger partial charge in [0.1, 0.15) is 6.04 Å².